The third-order valence-electron chi connectivity index (χ3n) is 3.63. The van der Waals surface area contributed by atoms with E-state index in [-0.39, 0.29) is 11.9 Å². The third kappa shape index (κ3) is 3.21. The zero-order valence-corrected chi connectivity index (χ0v) is 12.7. The summed E-state index contributed by atoms with van der Waals surface area (Å²) in [4.78, 5) is 16.2. The highest BCUT2D eigenvalue weighted by Gasteiger charge is 2.13. The first-order valence-corrected chi connectivity index (χ1v) is 7.25. The monoisotopic (exact) mass is 307 g/mol. The summed E-state index contributed by atoms with van der Waals surface area (Å²) >= 11 is 0. The summed E-state index contributed by atoms with van der Waals surface area (Å²) < 4.78 is 1.68. The molecular formula is C17H17N5O. The topological polar surface area (TPSA) is 85.8 Å². The largest absolute Gasteiger partial charge is 0.398 e. The van der Waals surface area contributed by atoms with E-state index in [0.717, 1.165) is 11.3 Å². The molecule has 6 heteroatoms. The van der Waals surface area contributed by atoms with E-state index >= 15 is 0 Å². The number of nitrogens with zero attached hydrogens (tertiary/aromatic N) is 3. The van der Waals surface area contributed by atoms with Gasteiger partial charge in [-0.15, -0.1) is 0 Å². The van der Waals surface area contributed by atoms with Crippen LogP contribution in [-0.4, -0.2) is 20.7 Å². The number of benzene rings is 2. The second kappa shape index (κ2) is 6.31. The van der Waals surface area contributed by atoms with Crippen molar-refractivity contribution in [3.05, 3.63) is 72.3 Å². The van der Waals surface area contributed by atoms with E-state index in [1.165, 1.54) is 6.33 Å². The molecule has 1 heterocycles. The SMILES string of the molecule is C[C@H](NC(=O)c1ccccc1N)c1ccc(-n2cncn2)cc1. The third-order valence-corrected chi connectivity index (χ3v) is 3.63. The summed E-state index contributed by atoms with van der Waals surface area (Å²) in [6.45, 7) is 1.93. The Kier molecular flexibility index (Phi) is 4.05. The molecule has 1 amide bonds. The summed E-state index contributed by atoms with van der Waals surface area (Å²) in [5.74, 6) is -0.184. The first kappa shape index (κ1) is 14.8. The van der Waals surface area contributed by atoms with Crippen molar-refractivity contribution in [2.45, 2.75) is 13.0 Å². The fourth-order valence-corrected chi connectivity index (χ4v) is 2.32. The molecule has 0 unspecified atom stereocenters. The molecule has 1 aromatic heterocycles. The predicted octanol–water partition coefficient (Wildman–Crippen LogP) is 2.34. The van der Waals surface area contributed by atoms with Crippen molar-refractivity contribution in [2.24, 2.45) is 0 Å². The molecule has 1 atom stereocenters. The number of hydrogen-bond acceptors (Lipinski definition) is 4. The zero-order valence-electron chi connectivity index (χ0n) is 12.7. The summed E-state index contributed by atoms with van der Waals surface area (Å²) in [6, 6.07) is 14.7. The van der Waals surface area contributed by atoms with Gasteiger partial charge in [-0.25, -0.2) is 9.67 Å². The molecule has 0 aliphatic heterocycles. The van der Waals surface area contributed by atoms with Crippen molar-refractivity contribution in [3.63, 3.8) is 0 Å². The Morgan fingerprint density at radius 3 is 2.57 bits per heavy atom. The van der Waals surface area contributed by atoms with Crippen molar-refractivity contribution < 1.29 is 4.79 Å². The average molecular weight is 307 g/mol. The van der Waals surface area contributed by atoms with Crippen LogP contribution in [0.25, 0.3) is 5.69 Å². The maximum atomic E-state index is 12.3. The molecule has 116 valence electrons. The maximum absolute atomic E-state index is 12.3. The molecule has 6 nitrogen and oxygen atoms in total. The lowest BCUT2D eigenvalue weighted by Gasteiger charge is -2.15. The van der Waals surface area contributed by atoms with Crippen LogP contribution in [0.2, 0.25) is 0 Å². The molecule has 3 N–H and O–H groups in total. The van der Waals surface area contributed by atoms with Crippen LogP contribution in [0.15, 0.2) is 61.2 Å². The maximum Gasteiger partial charge on any atom is 0.253 e. The quantitative estimate of drug-likeness (QED) is 0.724. The number of amides is 1. The summed E-state index contributed by atoms with van der Waals surface area (Å²) in [5, 5.41) is 7.03. The lowest BCUT2D eigenvalue weighted by atomic mass is 10.1. The van der Waals surface area contributed by atoms with E-state index in [4.69, 9.17) is 5.73 Å². The predicted molar refractivity (Wildman–Crippen MR) is 88.1 cm³/mol. The number of hydrogen-bond donors (Lipinski definition) is 2. The Bertz CT molecular complexity index is 796. The fraction of sp³-hybridized carbons (Fsp3) is 0.118. The van der Waals surface area contributed by atoms with Gasteiger partial charge in [0.15, 0.2) is 0 Å². The molecule has 2 aromatic carbocycles. The Hall–Kier alpha value is -3.15. The molecule has 0 spiro atoms. The first-order chi connectivity index (χ1) is 11.1. The molecule has 0 bridgehead atoms. The molecule has 0 radical (unpaired) electrons. The van der Waals surface area contributed by atoms with Gasteiger partial charge in [-0.3, -0.25) is 4.79 Å². The molecule has 0 aliphatic carbocycles. The lowest BCUT2D eigenvalue weighted by molar-refractivity contribution is 0.0941. The van der Waals surface area contributed by atoms with Crippen molar-refractivity contribution >= 4 is 11.6 Å². The highest BCUT2D eigenvalue weighted by Crippen LogP contribution is 2.17. The minimum atomic E-state index is -0.184. The Labute approximate surface area is 134 Å². The van der Waals surface area contributed by atoms with Gasteiger partial charge in [-0.2, -0.15) is 5.10 Å². The van der Waals surface area contributed by atoms with Gasteiger partial charge in [-0.1, -0.05) is 24.3 Å². The number of para-hydroxylation sites is 1. The van der Waals surface area contributed by atoms with E-state index in [2.05, 4.69) is 15.4 Å². The van der Waals surface area contributed by atoms with Gasteiger partial charge >= 0.3 is 0 Å². The molecule has 3 aromatic rings. The van der Waals surface area contributed by atoms with Crippen LogP contribution in [-0.2, 0) is 0 Å². The Morgan fingerprint density at radius 1 is 1.17 bits per heavy atom. The summed E-state index contributed by atoms with van der Waals surface area (Å²) in [5.41, 5.74) is 8.70. The van der Waals surface area contributed by atoms with E-state index < -0.39 is 0 Å². The molecule has 3 rings (SSSR count). The first-order valence-electron chi connectivity index (χ1n) is 7.25. The van der Waals surface area contributed by atoms with E-state index in [0.29, 0.717) is 11.3 Å². The van der Waals surface area contributed by atoms with Crippen LogP contribution < -0.4 is 11.1 Å². The van der Waals surface area contributed by atoms with Gasteiger partial charge < -0.3 is 11.1 Å². The number of carbonyl (C=O) groups is 1. The van der Waals surface area contributed by atoms with Crippen LogP contribution in [0, 0.1) is 0 Å². The van der Waals surface area contributed by atoms with Crippen molar-refractivity contribution in [1.29, 1.82) is 0 Å². The molecule has 0 fully saturated rings. The van der Waals surface area contributed by atoms with Gasteiger partial charge in [0.05, 0.1) is 17.3 Å². The van der Waals surface area contributed by atoms with Gasteiger partial charge in [-0.05, 0) is 36.8 Å². The van der Waals surface area contributed by atoms with Crippen LogP contribution in [0.5, 0.6) is 0 Å². The van der Waals surface area contributed by atoms with Crippen molar-refractivity contribution in [3.8, 4) is 5.69 Å². The lowest BCUT2D eigenvalue weighted by Crippen LogP contribution is -2.27. The van der Waals surface area contributed by atoms with Gasteiger partial charge in [0.1, 0.15) is 12.7 Å². The standard InChI is InChI=1S/C17H17N5O/c1-12(21-17(23)15-4-2-3-5-16(15)18)13-6-8-14(9-7-13)22-11-19-10-20-22/h2-12H,18H2,1H3,(H,21,23)/t12-/m0/s1. The average Bonchev–Trinajstić information content (AvgIpc) is 3.09. The van der Waals surface area contributed by atoms with Gasteiger partial charge in [0.2, 0.25) is 0 Å². The fourth-order valence-electron chi connectivity index (χ4n) is 2.32. The number of anilines is 1. The van der Waals surface area contributed by atoms with Crippen molar-refractivity contribution in [1.82, 2.24) is 20.1 Å². The van der Waals surface area contributed by atoms with Crippen LogP contribution >= 0.6 is 0 Å². The number of nitrogens with one attached hydrogen (secondary N) is 1. The number of rotatable bonds is 4. The second-order valence-electron chi connectivity index (χ2n) is 5.21. The molecule has 23 heavy (non-hydrogen) atoms. The van der Waals surface area contributed by atoms with E-state index in [9.17, 15) is 4.79 Å². The number of nitrogens with two attached hydrogens (primary N) is 1. The van der Waals surface area contributed by atoms with Crippen LogP contribution in [0.1, 0.15) is 28.9 Å². The normalized spacial score (nSPS) is 11.9. The number of aromatic nitrogens is 3. The van der Waals surface area contributed by atoms with Gasteiger partial charge in [0, 0.05) is 5.69 Å². The minimum Gasteiger partial charge on any atom is -0.398 e. The molecule has 0 saturated heterocycles. The number of carbonyl (C=O) groups excluding carboxylic acids is 1. The zero-order chi connectivity index (χ0) is 16.2. The van der Waals surface area contributed by atoms with E-state index in [1.807, 2.05) is 31.2 Å². The second-order valence-corrected chi connectivity index (χ2v) is 5.21. The highest BCUT2D eigenvalue weighted by atomic mass is 16.1. The Balaban J connectivity index is 1.72. The molecule has 0 aliphatic rings. The summed E-state index contributed by atoms with van der Waals surface area (Å²) in [6.07, 6.45) is 3.12. The number of nitrogen functional groups attached to an aromatic ring is 1. The highest BCUT2D eigenvalue weighted by molar-refractivity contribution is 5.99. The summed E-state index contributed by atoms with van der Waals surface area (Å²) in [7, 11) is 0. The minimum absolute atomic E-state index is 0.132. The van der Waals surface area contributed by atoms with Crippen LogP contribution in [0.4, 0.5) is 5.69 Å². The Morgan fingerprint density at radius 2 is 1.91 bits per heavy atom. The van der Waals surface area contributed by atoms with Crippen LogP contribution in [0.3, 0.4) is 0 Å². The molecule has 0 saturated carbocycles. The van der Waals surface area contributed by atoms with E-state index in [1.54, 1.807) is 35.3 Å². The van der Waals surface area contributed by atoms with Crippen molar-refractivity contribution in [2.75, 3.05) is 5.73 Å². The smallest absolute Gasteiger partial charge is 0.253 e. The van der Waals surface area contributed by atoms with Gasteiger partial charge in [0.25, 0.3) is 5.91 Å². The molecular weight excluding hydrogens is 290 g/mol.